The van der Waals surface area contributed by atoms with Crippen LogP contribution in [0.1, 0.15) is 39.2 Å². The van der Waals surface area contributed by atoms with Crippen LogP contribution in [-0.2, 0) is 9.53 Å². The van der Waals surface area contributed by atoms with E-state index in [0.717, 1.165) is 5.56 Å². The van der Waals surface area contributed by atoms with Crippen LogP contribution in [0.5, 0.6) is 0 Å². The minimum atomic E-state index is -0.810. The maximum atomic E-state index is 11.8. The number of hydrogen-bond donors (Lipinski definition) is 1. The van der Waals surface area contributed by atoms with E-state index in [1.54, 1.807) is 12.2 Å². The van der Waals surface area contributed by atoms with Crippen LogP contribution in [0.15, 0.2) is 36.4 Å². The summed E-state index contributed by atoms with van der Waals surface area (Å²) < 4.78 is 5.43. The third-order valence-corrected chi connectivity index (χ3v) is 2.74. The molecule has 0 aliphatic rings. The normalized spacial score (nSPS) is 13.1. The van der Waals surface area contributed by atoms with E-state index >= 15 is 0 Å². The second-order valence-electron chi connectivity index (χ2n) is 5.84. The van der Waals surface area contributed by atoms with Crippen molar-refractivity contribution in [1.29, 1.82) is 0 Å². The molecule has 0 radical (unpaired) electrons. The highest BCUT2D eigenvalue weighted by molar-refractivity contribution is 7.80. The van der Waals surface area contributed by atoms with Crippen LogP contribution < -0.4 is 0 Å². The van der Waals surface area contributed by atoms with Crippen molar-refractivity contribution in [2.45, 2.75) is 45.3 Å². The summed E-state index contributed by atoms with van der Waals surface area (Å²) in [7, 11) is 0. The molecule has 1 N–H and O–H groups in total. The number of ketones is 1. The Labute approximate surface area is 131 Å². The van der Waals surface area contributed by atoms with E-state index < -0.39 is 11.7 Å². The Morgan fingerprint density at radius 1 is 1.33 bits per heavy atom. The average molecular weight is 306 g/mol. The summed E-state index contributed by atoms with van der Waals surface area (Å²) in [5.74, 6) is -0.130. The van der Waals surface area contributed by atoms with Gasteiger partial charge in [0.2, 0.25) is 0 Å². The molecule has 0 bridgehead atoms. The molecular formula is C17H22O3S. The minimum absolute atomic E-state index is 0.0387. The highest BCUT2D eigenvalue weighted by Crippen LogP contribution is 2.11. The zero-order valence-electron chi connectivity index (χ0n) is 12.7. The van der Waals surface area contributed by atoms with Crippen LogP contribution in [0.2, 0.25) is 0 Å². The maximum absolute atomic E-state index is 11.8. The van der Waals surface area contributed by atoms with Crippen molar-refractivity contribution in [2.24, 2.45) is 0 Å². The summed E-state index contributed by atoms with van der Waals surface area (Å²) >= 11 is 5.03. The summed E-state index contributed by atoms with van der Waals surface area (Å²) in [5, 5.41) is 10.1. The van der Waals surface area contributed by atoms with Crippen LogP contribution in [0.25, 0.3) is 6.08 Å². The van der Waals surface area contributed by atoms with Gasteiger partial charge < -0.3 is 9.84 Å². The number of benzene rings is 1. The van der Waals surface area contributed by atoms with Crippen LogP contribution >= 0.6 is 12.2 Å². The predicted octanol–water partition coefficient (Wildman–Crippen LogP) is 3.55. The first-order valence-electron chi connectivity index (χ1n) is 6.91. The molecular weight excluding hydrogens is 284 g/mol. The lowest BCUT2D eigenvalue weighted by Gasteiger charge is -2.21. The molecule has 21 heavy (non-hydrogen) atoms. The van der Waals surface area contributed by atoms with Gasteiger partial charge in [0.05, 0.1) is 12.5 Å². The molecule has 4 heteroatoms. The number of aliphatic hydroxyl groups excluding tert-OH is 1. The third-order valence-electron chi connectivity index (χ3n) is 2.51. The summed E-state index contributed by atoms with van der Waals surface area (Å²) in [6.45, 7) is 5.63. The van der Waals surface area contributed by atoms with E-state index in [9.17, 15) is 9.90 Å². The molecule has 0 heterocycles. The zero-order valence-corrected chi connectivity index (χ0v) is 13.5. The molecule has 0 amide bonds. The lowest BCUT2D eigenvalue weighted by Crippen LogP contribution is -2.25. The highest BCUT2D eigenvalue weighted by Gasteiger charge is 2.17. The van der Waals surface area contributed by atoms with Gasteiger partial charge in [-0.1, -0.05) is 42.5 Å². The molecule has 1 atom stereocenters. The number of hydrogen-bond acceptors (Lipinski definition) is 4. The average Bonchev–Trinajstić information content (AvgIpc) is 2.35. The van der Waals surface area contributed by atoms with E-state index in [-0.39, 0.29) is 23.7 Å². The van der Waals surface area contributed by atoms with E-state index in [4.69, 9.17) is 17.0 Å². The van der Waals surface area contributed by atoms with E-state index in [2.05, 4.69) is 0 Å². The monoisotopic (exact) mass is 306 g/mol. The Hall–Kier alpha value is -1.52. The molecule has 0 aliphatic heterocycles. The molecule has 0 spiro atoms. The van der Waals surface area contributed by atoms with Gasteiger partial charge in [0.15, 0.2) is 5.05 Å². The van der Waals surface area contributed by atoms with Crippen molar-refractivity contribution in [3.05, 3.63) is 42.0 Å². The van der Waals surface area contributed by atoms with Gasteiger partial charge in [0.25, 0.3) is 0 Å². The summed E-state index contributed by atoms with van der Waals surface area (Å²) in [6.07, 6.45) is 2.69. The largest absolute Gasteiger partial charge is 0.481 e. The molecule has 0 aromatic heterocycles. The second kappa shape index (κ2) is 8.05. The molecule has 0 aliphatic carbocycles. The van der Waals surface area contributed by atoms with Crippen LogP contribution in [0.4, 0.5) is 0 Å². The fourth-order valence-electron chi connectivity index (χ4n) is 1.70. The first-order chi connectivity index (χ1) is 9.76. The summed E-state index contributed by atoms with van der Waals surface area (Å²) in [5.41, 5.74) is 0.582. The molecule has 114 valence electrons. The Morgan fingerprint density at radius 2 is 1.95 bits per heavy atom. The molecule has 3 nitrogen and oxygen atoms in total. The molecule has 1 rings (SSSR count). The standard InChI is InChI=1S/C17H22O3S/c1-17(2,3)20-16(21)12-15(19)11-14(18)10-9-13-7-5-4-6-8-13/h4-10,14,18H,11-12H2,1-3H3. The predicted molar refractivity (Wildman–Crippen MR) is 89.2 cm³/mol. The van der Waals surface area contributed by atoms with Crippen LogP contribution in [-0.4, -0.2) is 27.6 Å². The van der Waals surface area contributed by atoms with Gasteiger partial charge in [-0.3, -0.25) is 4.79 Å². The number of ether oxygens (including phenoxy) is 1. The van der Waals surface area contributed by atoms with Gasteiger partial charge in [-0.2, -0.15) is 0 Å². The smallest absolute Gasteiger partial charge is 0.167 e. The van der Waals surface area contributed by atoms with Crippen molar-refractivity contribution in [2.75, 3.05) is 0 Å². The minimum Gasteiger partial charge on any atom is -0.481 e. The molecule has 0 saturated heterocycles. The molecule has 0 fully saturated rings. The van der Waals surface area contributed by atoms with Crippen molar-refractivity contribution in [1.82, 2.24) is 0 Å². The van der Waals surface area contributed by atoms with Gasteiger partial charge in [-0.05, 0) is 38.6 Å². The number of Topliss-reactive ketones (excluding diaryl/α,β-unsaturated/α-hetero) is 1. The quantitative estimate of drug-likeness (QED) is 0.816. The van der Waals surface area contributed by atoms with Crippen molar-refractivity contribution < 1.29 is 14.6 Å². The van der Waals surface area contributed by atoms with Crippen LogP contribution in [0, 0.1) is 0 Å². The van der Waals surface area contributed by atoms with Gasteiger partial charge in [-0.15, -0.1) is 0 Å². The van der Waals surface area contributed by atoms with Crippen molar-refractivity contribution >= 4 is 29.1 Å². The van der Waals surface area contributed by atoms with Gasteiger partial charge in [0.1, 0.15) is 11.4 Å². The Kier molecular flexibility index (Phi) is 6.72. The van der Waals surface area contributed by atoms with E-state index in [1.807, 2.05) is 51.1 Å². The lowest BCUT2D eigenvalue weighted by molar-refractivity contribution is -0.119. The van der Waals surface area contributed by atoms with Gasteiger partial charge >= 0.3 is 0 Å². The Balaban J connectivity index is 2.40. The zero-order chi connectivity index (χ0) is 15.9. The molecule has 0 saturated carbocycles. The maximum Gasteiger partial charge on any atom is 0.167 e. The van der Waals surface area contributed by atoms with E-state index in [0.29, 0.717) is 0 Å². The number of rotatable bonds is 6. The number of aliphatic hydroxyl groups is 1. The SMILES string of the molecule is CC(C)(C)OC(=S)CC(=O)CC(O)C=Cc1ccccc1. The summed E-state index contributed by atoms with van der Waals surface area (Å²) in [6, 6.07) is 9.61. The topological polar surface area (TPSA) is 46.5 Å². The van der Waals surface area contributed by atoms with Crippen molar-refractivity contribution in [3.8, 4) is 0 Å². The fraction of sp³-hybridized carbons (Fsp3) is 0.412. The number of carbonyl (C=O) groups is 1. The first-order valence-corrected chi connectivity index (χ1v) is 7.32. The van der Waals surface area contributed by atoms with E-state index in [1.165, 1.54) is 0 Å². The Bertz CT molecular complexity index is 501. The lowest BCUT2D eigenvalue weighted by atomic mass is 10.1. The molecule has 1 aromatic carbocycles. The number of carbonyl (C=O) groups excluding carboxylic acids is 1. The van der Waals surface area contributed by atoms with Crippen molar-refractivity contribution in [3.63, 3.8) is 0 Å². The molecule has 1 aromatic rings. The van der Waals surface area contributed by atoms with Crippen LogP contribution in [0.3, 0.4) is 0 Å². The molecule has 1 unspecified atom stereocenters. The fourth-order valence-corrected chi connectivity index (χ4v) is 2.11. The highest BCUT2D eigenvalue weighted by atomic mass is 32.1. The van der Waals surface area contributed by atoms with Gasteiger partial charge in [-0.25, -0.2) is 0 Å². The first kappa shape index (κ1) is 17.5. The number of thiocarbonyl (C=S) groups is 1. The second-order valence-corrected chi connectivity index (χ2v) is 6.30. The third kappa shape index (κ3) is 8.38. The van der Waals surface area contributed by atoms with Gasteiger partial charge in [0, 0.05) is 6.42 Å². The Morgan fingerprint density at radius 3 is 2.52 bits per heavy atom. The summed E-state index contributed by atoms with van der Waals surface area (Å²) in [4.78, 5) is 11.8.